The summed E-state index contributed by atoms with van der Waals surface area (Å²) in [7, 11) is 0. The van der Waals surface area contributed by atoms with Crippen molar-refractivity contribution in [3.8, 4) is 0 Å². The molecular weight excluding hydrogens is 286 g/mol. The molecule has 0 saturated heterocycles. The Morgan fingerprint density at radius 1 is 0.714 bits per heavy atom. The van der Waals surface area contributed by atoms with Gasteiger partial charge in [0.2, 0.25) is 0 Å². The summed E-state index contributed by atoms with van der Waals surface area (Å²) in [5.41, 5.74) is 0. The van der Waals surface area contributed by atoms with Gasteiger partial charge in [0.1, 0.15) is 0 Å². The third-order valence-corrected chi connectivity index (χ3v) is 0. The van der Waals surface area contributed by atoms with Crippen molar-refractivity contribution in [1.29, 1.82) is 0 Å². The molecule has 0 amide bonds. The molecule has 0 saturated carbocycles. The molecule has 2 radical (unpaired) electrons. The van der Waals surface area contributed by atoms with E-state index in [2.05, 4.69) is 0 Å². The van der Waals surface area contributed by atoms with E-state index in [4.69, 9.17) is 19.8 Å². The number of rotatable bonds is 0. The molecule has 0 heterocycles. The fourth-order valence-electron chi connectivity index (χ4n) is 0. The van der Waals surface area contributed by atoms with Crippen molar-refractivity contribution in [3.05, 3.63) is 0 Å². The predicted octanol–water partition coefficient (Wildman–Crippen LogP) is -5.79. The zero-order valence-corrected chi connectivity index (χ0v) is 9.75. The van der Waals surface area contributed by atoms with Crippen molar-refractivity contribution in [2.75, 3.05) is 0 Å². The van der Waals surface area contributed by atoms with Crippen LogP contribution in [0.1, 0.15) is 13.8 Å². The number of carboxylic acids is 2. The Morgan fingerprint density at radius 2 is 0.714 bits per heavy atom. The molecule has 8 N–H and O–H groups in total. The van der Waals surface area contributed by atoms with Gasteiger partial charge < -0.3 is 41.7 Å². The van der Waals surface area contributed by atoms with E-state index in [1.54, 1.807) is 0 Å². The molecule has 10 heteroatoms. The Bertz CT molecular complexity index is 77.3. The first-order chi connectivity index (χ1) is 3.46. The van der Waals surface area contributed by atoms with Gasteiger partial charge in [-0.25, -0.2) is 0 Å². The van der Waals surface area contributed by atoms with Gasteiger partial charge in [-0.1, -0.05) is 0 Å². The summed E-state index contributed by atoms with van der Waals surface area (Å²) >= 11 is 0. The SMILES string of the molecule is CC(=O)[O-].CC(=O)[O-].O.O.O.O.[Mn+2].[Mn+2]. The van der Waals surface area contributed by atoms with Crippen molar-refractivity contribution in [1.82, 2.24) is 0 Å². The Hall–Kier alpha value is -0.181. The molecule has 0 spiro atoms. The van der Waals surface area contributed by atoms with Gasteiger partial charge in [-0.3, -0.25) is 0 Å². The standard InChI is InChI=1S/2C2H4O2.2Mn.4H2O/c2*1-2(3)4;;;;;;/h2*1H3,(H,3,4);;;4*1H2/q;;2*+2;;;;/p-2. The first-order valence-electron chi connectivity index (χ1n) is 1.82. The largest absolute Gasteiger partial charge is 2.00 e. The predicted molar refractivity (Wildman–Crippen MR) is 35.8 cm³/mol. The summed E-state index contributed by atoms with van der Waals surface area (Å²) in [4.78, 5) is 17.8. The van der Waals surface area contributed by atoms with Crippen LogP contribution in [0.4, 0.5) is 0 Å². The summed E-state index contributed by atoms with van der Waals surface area (Å²) in [6.45, 7) is 1.94. The third-order valence-electron chi connectivity index (χ3n) is 0. The van der Waals surface area contributed by atoms with Gasteiger partial charge in [0.05, 0.1) is 0 Å². The average molecular weight is 300 g/mol. The van der Waals surface area contributed by atoms with Crippen LogP contribution in [-0.4, -0.2) is 33.8 Å². The fourth-order valence-corrected chi connectivity index (χ4v) is 0. The monoisotopic (exact) mass is 300 g/mol. The second-order valence-corrected chi connectivity index (χ2v) is 0.983. The second kappa shape index (κ2) is 52.9. The summed E-state index contributed by atoms with van der Waals surface area (Å²) < 4.78 is 0. The molecule has 14 heavy (non-hydrogen) atoms. The molecule has 0 rings (SSSR count). The van der Waals surface area contributed by atoms with E-state index >= 15 is 0 Å². The Balaban J connectivity index is -0.00000000600. The van der Waals surface area contributed by atoms with Gasteiger partial charge in [-0.05, 0) is 13.8 Å². The van der Waals surface area contributed by atoms with Crippen LogP contribution in [-0.2, 0) is 43.7 Å². The van der Waals surface area contributed by atoms with E-state index in [1.165, 1.54) is 0 Å². The molecule has 0 bridgehead atoms. The Labute approximate surface area is 102 Å². The van der Waals surface area contributed by atoms with E-state index in [1.807, 2.05) is 0 Å². The van der Waals surface area contributed by atoms with Crippen molar-refractivity contribution in [2.45, 2.75) is 13.8 Å². The van der Waals surface area contributed by atoms with Crippen LogP contribution in [0, 0.1) is 0 Å². The first kappa shape index (κ1) is 67.1. The molecule has 8 nitrogen and oxygen atoms in total. The van der Waals surface area contributed by atoms with Crippen molar-refractivity contribution in [3.63, 3.8) is 0 Å². The molecule has 90 valence electrons. The maximum Gasteiger partial charge on any atom is 2.00 e. The smallest absolute Gasteiger partial charge is 0.550 e. The van der Waals surface area contributed by atoms with Crippen LogP contribution in [0.2, 0.25) is 0 Å². The van der Waals surface area contributed by atoms with Crippen LogP contribution in [0.5, 0.6) is 0 Å². The minimum atomic E-state index is -1.08. The average Bonchev–Trinajstić information content (AvgIpc) is 1.25. The number of hydrogen-bond donors (Lipinski definition) is 0. The summed E-state index contributed by atoms with van der Waals surface area (Å²) in [6, 6.07) is 0. The van der Waals surface area contributed by atoms with E-state index < -0.39 is 11.9 Å². The van der Waals surface area contributed by atoms with Crippen LogP contribution >= 0.6 is 0 Å². The van der Waals surface area contributed by atoms with Gasteiger partial charge in [0, 0.05) is 11.9 Å². The van der Waals surface area contributed by atoms with Gasteiger partial charge in [-0.2, -0.15) is 0 Å². The molecule has 0 aromatic carbocycles. The van der Waals surface area contributed by atoms with Crippen LogP contribution in [0.25, 0.3) is 0 Å². The topological polar surface area (TPSA) is 206 Å². The zero-order chi connectivity index (χ0) is 7.15. The Morgan fingerprint density at radius 3 is 0.714 bits per heavy atom. The number of carboxylic acid groups (broad SMARTS) is 2. The molecule has 0 aromatic heterocycles. The number of hydrogen-bond acceptors (Lipinski definition) is 4. The maximum atomic E-state index is 8.89. The van der Waals surface area contributed by atoms with Gasteiger partial charge in [0.15, 0.2) is 0 Å². The minimum Gasteiger partial charge on any atom is -0.550 e. The zero-order valence-electron chi connectivity index (χ0n) is 7.39. The third kappa shape index (κ3) is 42200. The van der Waals surface area contributed by atoms with Crippen molar-refractivity contribution < 1.29 is 75.8 Å². The maximum absolute atomic E-state index is 8.89. The first-order valence-corrected chi connectivity index (χ1v) is 1.82. The molecule has 0 aliphatic heterocycles. The van der Waals surface area contributed by atoms with Gasteiger partial charge in [-0.15, -0.1) is 0 Å². The second-order valence-electron chi connectivity index (χ2n) is 0.983. The minimum absolute atomic E-state index is 0. The summed E-state index contributed by atoms with van der Waals surface area (Å²) in [5.74, 6) is -2.17. The summed E-state index contributed by atoms with van der Waals surface area (Å²) in [5, 5.41) is 17.8. The van der Waals surface area contributed by atoms with E-state index in [9.17, 15) is 0 Å². The van der Waals surface area contributed by atoms with Crippen LogP contribution in [0.3, 0.4) is 0 Å². The van der Waals surface area contributed by atoms with E-state index in [0.717, 1.165) is 13.8 Å². The van der Waals surface area contributed by atoms with E-state index in [-0.39, 0.29) is 56.0 Å². The van der Waals surface area contributed by atoms with Crippen molar-refractivity contribution >= 4 is 11.9 Å². The van der Waals surface area contributed by atoms with Gasteiger partial charge in [0.25, 0.3) is 0 Å². The normalized spacial score (nSPS) is 3.57. The van der Waals surface area contributed by atoms with Crippen LogP contribution in [0.15, 0.2) is 0 Å². The Kier molecular flexibility index (Phi) is 253. The summed E-state index contributed by atoms with van der Waals surface area (Å²) in [6.07, 6.45) is 0. The molecule has 0 aromatic rings. The number of carbonyl (C=O) groups excluding carboxylic acids is 2. The molecule has 0 aliphatic carbocycles. The quantitative estimate of drug-likeness (QED) is 0.400. The number of carbonyl (C=O) groups is 2. The molecule has 0 atom stereocenters. The van der Waals surface area contributed by atoms with Crippen LogP contribution < -0.4 is 10.2 Å². The fraction of sp³-hybridized carbons (Fsp3) is 0.500. The molecular formula is C4H14Mn2O8+2. The van der Waals surface area contributed by atoms with Gasteiger partial charge >= 0.3 is 34.1 Å². The van der Waals surface area contributed by atoms with E-state index in [0.29, 0.717) is 0 Å². The van der Waals surface area contributed by atoms with Crippen molar-refractivity contribution in [2.24, 2.45) is 0 Å². The molecule has 0 aliphatic rings. The molecule has 0 fully saturated rings. The number of aliphatic carboxylic acids is 2. The molecule has 0 unspecified atom stereocenters.